The van der Waals surface area contributed by atoms with E-state index >= 15 is 0 Å². The van der Waals surface area contributed by atoms with Gasteiger partial charge in [-0.1, -0.05) is 0 Å². The maximum atomic E-state index is 14.4. The summed E-state index contributed by atoms with van der Waals surface area (Å²) >= 11 is 0. The highest BCUT2D eigenvalue weighted by molar-refractivity contribution is 5.84. The number of aliphatic carboxylic acids is 1. The predicted octanol–water partition coefficient (Wildman–Crippen LogP) is 5.00. The van der Waals surface area contributed by atoms with E-state index in [0.717, 1.165) is 0 Å². The van der Waals surface area contributed by atoms with Crippen LogP contribution in [0.4, 0.5) is 70.2 Å². The van der Waals surface area contributed by atoms with Crippen molar-refractivity contribution in [2.45, 2.75) is 35.7 Å². The molecule has 182 valence electrons. The summed E-state index contributed by atoms with van der Waals surface area (Å²) in [6.07, 6.45) is -7.59. The second kappa shape index (κ2) is 6.53. The van der Waals surface area contributed by atoms with E-state index in [9.17, 15) is 75.0 Å². The third kappa shape index (κ3) is 2.53. The lowest BCUT2D eigenvalue weighted by atomic mass is 9.72. The molecule has 2 rings (SSSR count). The molecule has 1 aromatic rings. The maximum Gasteiger partial charge on any atom is 0.466 e. The number of likely N-dealkylation sites (tertiary alicyclic amines) is 1. The van der Waals surface area contributed by atoms with Crippen LogP contribution in [0.3, 0.4) is 0 Å². The number of carboxylic acid groups (broad SMARTS) is 1. The minimum Gasteiger partial charge on any atom is -0.479 e. The fraction of sp³-hybridized carbons (Fsp3) is 0.462. The summed E-state index contributed by atoms with van der Waals surface area (Å²) in [5, 5.41) is 8.84. The summed E-state index contributed by atoms with van der Waals surface area (Å²) in [4.78, 5) is 7.46. The molecule has 32 heavy (non-hydrogen) atoms. The molecular formula is C13HF16NO2. The van der Waals surface area contributed by atoms with Crippen LogP contribution in [0.25, 0.3) is 0 Å². The Bertz CT molecular complexity index is 956. The van der Waals surface area contributed by atoms with Gasteiger partial charge in [0.15, 0.2) is 23.3 Å². The first-order chi connectivity index (χ1) is 14.0. The van der Waals surface area contributed by atoms with Crippen LogP contribution in [0.5, 0.6) is 0 Å². The normalized spacial score (nSPS) is 26.8. The molecule has 0 saturated carbocycles. The summed E-state index contributed by atoms with van der Waals surface area (Å²) in [5.41, 5.74) is -11.1. The first kappa shape index (κ1) is 25.8. The standard InChI is InChI=1S/C13HF16NO2/c14-2-1(3(15)5(17)6(18)4(2)16)8(7(31)32)9(19,20)10(21,22)11(23,24)12(25,26)30(8)13(27,28)29/h(H,31,32)/t8-/m1/s1. The number of hydrogen-bond donors (Lipinski definition) is 1. The van der Waals surface area contributed by atoms with Crippen molar-refractivity contribution in [3.05, 3.63) is 34.6 Å². The van der Waals surface area contributed by atoms with E-state index in [1.54, 1.807) is 0 Å². The van der Waals surface area contributed by atoms with Crippen molar-refractivity contribution in [1.82, 2.24) is 4.90 Å². The first-order valence-electron chi connectivity index (χ1n) is 7.12. The molecule has 19 heteroatoms. The topological polar surface area (TPSA) is 40.5 Å². The van der Waals surface area contributed by atoms with Gasteiger partial charge in [-0.05, 0) is 0 Å². The van der Waals surface area contributed by atoms with Gasteiger partial charge in [0.05, 0.1) is 5.56 Å². The van der Waals surface area contributed by atoms with Gasteiger partial charge in [0, 0.05) is 0 Å². The highest BCUT2D eigenvalue weighted by atomic mass is 19.4. The smallest absolute Gasteiger partial charge is 0.466 e. The van der Waals surface area contributed by atoms with E-state index < -0.39 is 81.2 Å². The molecule has 1 heterocycles. The van der Waals surface area contributed by atoms with Gasteiger partial charge in [0.2, 0.25) is 11.4 Å². The zero-order valence-corrected chi connectivity index (χ0v) is 13.9. The van der Waals surface area contributed by atoms with Crippen LogP contribution in [0.15, 0.2) is 0 Å². The van der Waals surface area contributed by atoms with Gasteiger partial charge in [-0.25, -0.2) is 26.7 Å². The van der Waals surface area contributed by atoms with Gasteiger partial charge in [-0.15, -0.1) is 4.90 Å². The molecule has 0 aliphatic carbocycles. The Hall–Kier alpha value is -2.47. The van der Waals surface area contributed by atoms with Gasteiger partial charge < -0.3 is 5.11 Å². The van der Waals surface area contributed by atoms with Crippen LogP contribution in [0.1, 0.15) is 5.56 Å². The fourth-order valence-electron chi connectivity index (χ4n) is 2.98. The van der Waals surface area contributed by atoms with Gasteiger partial charge in [-0.2, -0.15) is 48.3 Å². The molecule has 1 atom stereocenters. The van der Waals surface area contributed by atoms with E-state index in [1.165, 1.54) is 0 Å². The van der Waals surface area contributed by atoms with E-state index in [4.69, 9.17) is 5.11 Å². The van der Waals surface area contributed by atoms with Crippen LogP contribution in [-0.2, 0) is 10.3 Å². The lowest BCUT2D eigenvalue weighted by Crippen LogP contribution is -2.86. The van der Waals surface area contributed by atoms with Crippen molar-refractivity contribution in [3.8, 4) is 0 Å². The molecule has 0 unspecified atom stereocenters. The minimum atomic E-state index is -7.87. The molecule has 0 amide bonds. The molecule has 1 aromatic carbocycles. The lowest BCUT2D eigenvalue weighted by Gasteiger charge is -2.56. The van der Waals surface area contributed by atoms with E-state index in [1.807, 2.05) is 0 Å². The first-order valence-corrected chi connectivity index (χ1v) is 7.12. The molecule has 0 spiro atoms. The van der Waals surface area contributed by atoms with Crippen LogP contribution in [0, 0.1) is 29.1 Å². The zero-order valence-electron chi connectivity index (χ0n) is 13.9. The number of alkyl halides is 11. The van der Waals surface area contributed by atoms with Gasteiger partial charge in [0.25, 0.3) is 0 Å². The van der Waals surface area contributed by atoms with Gasteiger partial charge in [-0.3, -0.25) is 0 Å². The molecule has 1 aliphatic heterocycles. The van der Waals surface area contributed by atoms with E-state index in [-0.39, 0.29) is 0 Å². The molecule has 1 aliphatic rings. The van der Waals surface area contributed by atoms with Crippen LogP contribution in [-0.4, -0.2) is 46.1 Å². The Morgan fingerprint density at radius 2 is 1.00 bits per heavy atom. The van der Waals surface area contributed by atoms with Crippen molar-refractivity contribution < 1.29 is 80.1 Å². The molecule has 1 fully saturated rings. The maximum absolute atomic E-state index is 14.4. The molecule has 3 nitrogen and oxygen atoms in total. The molecular weight excluding hydrogens is 506 g/mol. The van der Waals surface area contributed by atoms with Crippen molar-refractivity contribution in [3.63, 3.8) is 0 Å². The summed E-state index contributed by atoms with van der Waals surface area (Å²) in [5.74, 6) is -46.4. The second-order valence-electron chi connectivity index (χ2n) is 6.03. The number of benzene rings is 1. The number of halogens is 16. The van der Waals surface area contributed by atoms with Crippen molar-refractivity contribution in [2.75, 3.05) is 0 Å². The predicted molar refractivity (Wildman–Crippen MR) is 63.2 cm³/mol. The third-order valence-electron chi connectivity index (χ3n) is 4.37. The van der Waals surface area contributed by atoms with Crippen LogP contribution < -0.4 is 0 Å². The Morgan fingerprint density at radius 3 is 1.31 bits per heavy atom. The second-order valence-corrected chi connectivity index (χ2v) is 6.03. The number of piperidine rings is 1. The average Bonchev–Trinajstić information content (AvgIpc) is 2.60. The highest BCUT2D eigenvalue weighted by Gasteiger charge is 2.98. The van der Waals surface area contributed by atoms with Crippen molar-refractivity contribution >= 4 is 5.97 Å². The quantitative estimate of drug-likeness (QED) is 0.266. The number of nitrogens with zero attached hydrogens (tertiary/aromatic N) is 1. The van der Waals surface area contributed by atoms with E-state index in [0.29, 0.717) is 0 Å². The lowest BCUT2D eigenvalue weighted by molar-refractivity contribution is -0.506. The van der Waals surface area contributed by atoms with Gasteiger partial charge in [0.1, 0.15) is 0 Å². The minimum absolute atomic E-state index is 3.37. The monoisotopic (exact) mass is 507 g/mol. The summed E-state index contributed by atoms with van der Waals surface area (Å²) in [7, 11) is 0. The molecule has 0 radical (unpaired) electrons. The van der Waals surface area contributed by atoms with Crippen LogP contribution >= 0.6 is 0 Å². The zero-order chi connectivity index (χ0) is 25.6. The third-order valence-corrected chi connectivity index (χ3v) is 4.37. The van der Waals surface area contributed by atoms with Crippen LogP contribution in [0.2, 0.25) is 0 Å². The number of carbonyl (C=O) groups is 1. The Balaban J connectivity index is 3.36. The average molecular weight is 507 g/mol. The SMILES string of the molecule is O=C(O)[C@@]1(c2c(F)c(F)c(F)c(F)c2F)N(C(F)(F)F)C(F)(F)C(F)(F)C(F)(F)C1(F)F. The van der Waals surface area contributed by atoms with E-state index in [2.05, 4.69) is 0 Å². The molecule has 0 bridgehead atoms. The fourth-order valence-corrected chi connectivity index (χ4v) is 2.98. The number of carboxylic acids is 1. The Kier molecular flexibility index (Phi) is 5.26. The molecule has 1 saturated heterocycles. The largest absolute Gasteiger partial charge is 0.479 e. The Labute approximate surface area is 162 Å². The summed E-state index contributed by atoms with van der Waals surface area (Å²) < 4.78 is 219. The van der Waals surface area contributed by atoms with Crippen molar-refractivity contribution in [2.24, 2.45) is 0 Å². The van der Waals surface area contributed by atoms with Gasteiger partial charge >= 0.3 is 36.1 Å². The number of hydrogen-bond acceptors (Lipinski definition) is 2. The highest BCUT2D eigenvalue weighted by Crippen LogP contribution is 2.68. The Morgan fingerprint density at radius 1 is 0.656 bits per heavy atom. The summed E-state index contributed by atoms with van der Waals surface area (Å²) in [6.45, 7) is 0. The summed E-state index contributed by atoms with van der Waals surface area (Å²) in [6, 6.07) is -7.75. The molecule has 1 N–H and O–H groups in total. The van der Waals surface area contributed by atoms with Crippen molar-refractivity contribution in [1.29, 1.82) is 0 Å². The molecule has 0 aromatic heterocycles. The number of rotatable bonds is 2.